The Morgan fingerprint density at radius 1 is 1.03 bits per heavy atom. The Labute approximate surface area is 213 Å². The van der Waals surface area contributed by atoms with Gasteiger partial charge >= 0.3 is 11.9 Å². The minimum absolute atomic E-state index is 0.0236. The molecule has 3 fully saturated rings. The topological polar surface area (TPSA) is 63.6 Å². The quantitative estimate of drug-likeness (QED) is 0.267. The highest BCUT2D eigenvalue weighted by molar-refractivity contribution is 5.76. The van der Waals surface area contributed by atoms with Crippen LogP contribution in [0.5, 0.6) is 0 Å². The second kappa shape index (κ2) is 10.6. The normalized spacial score (nSPS) is 39.3. The summed E-state index contributed by atoms with van der Waals surface area (Å²) in [7, 11) is 0. The fraction of sp³-hybridized carbons (Fsp3) is 0.871. The molecule has 0 aliphatic heterocycles. The average Bonchev–Trinajstić information content (AvgIpc) is 3.15. The van der Waals surface area contributed by atoms with Crippen LogP contribution in [0, 0.1) is 46.3 Å². The molecule has 4 heteroatoms. The highest BCUT2D eigenvalue weighted by Crippen LogP contribution is 2.67. The monoisotopic (exact) mass is 486 g/mol. The third-order valence-electron chi connectivity index (χ3n) is 11.1. The molecule has 0 heterocycles. The highest BCUT2D eigenvalue weighted by Gasteiger charge is 2.59. The lowest BCUT2D eigenvalue weighted by molar-refractivity contribution is -0.154. The molecule has 4 nitrogen and oxygen atoms in total. The number of carbonyl (C=O) groups excluding carboxylic acids is 1. The summed E-state index contributed by atoms with van der Waals surface area (Å²) in [5.41, 5.74) is 2.27. The number of carbonyl (C=O) groups is 2. The first-order valence-electron chi connectivity index (χ1n) is 14.7. The fourth-order valence-corrected chi connectivity index (χ4v) is 9.21. The SMILES string of the molecule is CC(C)CCC[C@H](C)[C@H]1CC[C@H]2[C@@H]3CC=C4C[C@H](OC(=O)CCC(=O)O)CC[C@]4(C)[C@H]3CC[C@]12C. The van der Waals surface area contributed by atoms with E-state index in [2.05, 4.69) is 40.7 Å². The van der Waals surface area contributed by atoms with Crippen LogP contribution in [0.15, 0.2) is 11.6 Å². The van der Waals surface area contributed by atoms with Gasteiger partial charge in [0, 0.05) is 6.42 Å². The molecule has 3 saturated carbocycles. The van der Waals surface area contributed by atoms with Crippen molar-refractivity contribution < 1.29 is 19.4 Å². The maximum absolute atomic E-state index is 12.1. The minimum atomic E-state index is -0.942. The number of aliphatic carboxylic acids is 1. The van der Waals surface area contributed by atoms with Crippen molar-refractivity contribution in [3.05, 3.63) is 11.6 Å². The van der Waals surface area contributed by atoms with Crippen molar-refractivity contribution in [3.63, 3.8) is 0 Å². The van der Waals surface area contributed by atoms with Crippen molar-refractivity contribution in [2.24, 2.45) is 46.3 Å². The molecule has 0 saturated heterocycles. The number of fused-ring (bicyclic) bond motifs is 5. The number of carboxylic acids is 1. The summed E-state index contributed by atoms with van der Waals surface area (Å²) in [6, 6.07) is 0. The van der Waals surface area contributed by atoms with E-state index in [4.69, 9.17) is 9.84 Å². The largest absolute Gasteiger partial charge is 0.481 e. The van der Waals surface area contributed by atoms with E-state index >= 15 is 0 Å². The zero-order valence-electron chi connectivity index (χ0n) is 23.0. The fourth-order valence-electron chi connectivity index (χ4n) is 9.21. The van der Waals surface area contributed by atoms with E-state index in [1.54, 1.807) is 0 Å². The summed E-state index contributed by atoms with van der Waals surface area (Å²) in [6.07, 6.45) is 16.0. The zero-order chi connectivity index (χ0) is 25.4. The van der Waals surface area contributed by atoms with Crippen LogP contribution in [0.4, 0.5) is 0 Å². The molecular formula is C31H50O4. The molecule has 0 spiro atoms. The van der Waals surface area contributed by atoms with Crippen molar-refractivity contribution >= 4 is 11.9 Å². The third kappa shape index (κ3) is 5.37. The predicted molar refractivity (Wildman–Crippen MR) is 140 cm³/mol. The number of hydrogen-bond acceptors (Lipinski definition) is 3. The summed E-state index contributed by atoms with van der Waals surface area (Å²) in [4.78, 5) is 22.9. The van der Waals surface area contributed by atoms with Crippen LogP contribution in [-0.2, 0) is 14.3 Å². The lowest BCUT2D eigenvalue weighted by Gasteiger charge is -2.58. The molecule has 4 aliphatic rings. The van der Waals surface area contributed by atoms with Gasteiger partial charge in [-0.15, -0.1) is 0 Å². The van der Waals surface area contributed by atoms with E-state index in [0.29, 0.717) is 5.41 Å². The molecule has 0 radical (unpaired) electrons. The van der Waals surface area contributed by atoms with Crippen molar-refractivity contribution in [2.75, 3.05) is 0 Å². The predicted octanol–water partition coefficient (Wildman–Crippen LogP) is 7.80. The summed E-state index contributed by atoms with van der Waals surface area (Å²) >= 11 is 0. The van der Waals surface area contributed by atoms with Gasteiger partial charge in [-0.2, -0.15) is 0 Å². The Morgan fingerprint density at radius 3 is 2.51 bits per heavy atom. The van der Waals surface area contributed by atoms with E-state index in [9.17, 15) is 9.59 Å². The van der Waals surface area contributed by atoms with Gasteiger partial charge in [-0.3, -0.25) is 9.59 Å². The molecule has 0 bridgehead atoms. The van der Waals surface area contributed by atoms with Crippen LogP contribution in [-0.4, -0.2) is 23.1 Å². The maximum Gasteiger partial charge on any atom is 0.306 e. The van der Waals surface area contributed by atoms with E-state index in [0.717, 1.165) is 54.8 Å². The van der Waals surface area contributed by atoms with Crippen LogP contribution in [0.25, 0.3) is 0 Å². The molecule has 0 amide bonds. The number of rotatable bonds is 9. The van der Waals surface area contributed by atoms with Gasteiger partial charge in [0.15, 0.2) is 0 Å². The van der Waals surface area contributed by atoms with Crippen LogP contribution >= 0.6 is 0 Å². The van der Waals surface area contributed by atoms with Crippen LogP contribution < -0.4 is 0 Å². The number of allylic oxidation sites excluding steroid dienone is 1. The molecule has 0 aromatic carbocycles. The maximum atomic E-state index is 12.1. The van der Waals surface area contributed by atoms with Gasteiger partial charge in [-0.1, -0.05) is 65.5 Å². The Bertz CT molecular complexity index is 815. The lowest BCUT2D eigenvalue weighted by Crippen LogP contribution is -2.51. The van der Waals surface area contributed by atoms with E-state index in [1.165, 1.54) is 56.9 Å². The lowest BCUT2D eigenvalue weighted by atomic mass is 9.47. The first-order valence-corrected chi connectivity index (χ1v) is 14.7. The minimum Gasteiger partial charge on any atom is -0.481 e. The Balaban J connectivity index is 1.40. The van der Waals surface area contributed by atoms with Gasteiger partial charge in [0.1, 0.15) is 6.10 Å². The molecule has 8 atom stereocenters. The second-order valence-corrected chi connectivity index (χ2v) is 13.5. The van der Waals surface area contributed by atoms with Gasteiger partial charge in [-0.05, 0) is 91.3 Å². The Morgan fingerprint density at radius 2 is 1.80 bits per heavy atom. The van der Waals surface area contributed by atoms with Crippen LogP contribution in [0.2, 0.25) is 0 Å². The number of esters is 1. The van der Waals surface area contributed by atoms with Crippen molar-refractivity contribution in [1.29, 1.82) is 0 Å². The zero-order valence-corrected chi connectivity index (χ0v) is 23.0. The molecule has 0 aromatic rings. The standard InChI is InChI=1S/C31H50O4/c1-20(2)7-6-8-21(3)25-11-12-26-24-10-9-22-19-23(35-29(34)14-13-28(32)33)15-17-30(22,4)27(24)16-18-31(25,26)5/h9,20-21,23-27H,6-8,10-19H2,1-5H3,(H,32,33)/t21-,23+,24-,25+,26-,27-,30-,31+/m0/s1. The van der Waals surface area contributed by atoms with Crippen molar-refractivity contribution in [3.8, 4) is 0 Å². The molecule has 0 aromatic heterocycles. The number of carboxylic acid groups (broad SMARTS) is 1. The van der Waals surface area contributed by atoms with Crippen molar-refractivity contribution in [2.45, 2.75) is 124 Å². The van der Waals surface area contributed by atoms with Gasteiger partial charge in [0.05, 0.1) is 12.8 Å². The van der Waals surface area contributed by atoms with E-state index in [1.807, 2.05) is 0 Å². The molecule has 35 heavy (non-hydrogen) atoms. The smallest absolute Gasteiger partial charge is 0.306 e. The highest BCUT2D eigenvalue weighted by atomic mass is 16.5. The average molecular weight is 487 g/mol. The first-order chi connectivity index (χ1) is 16.5. The van der Waals surface area contributed by atoms with Gasteiger partial charge in [0.25, 0.3) is 0 Å². The Kier molecular flexibility index (Phi) is 8.08. The molecule has 198 valence electrons. The third-order valence-corrected chi connectivity index (χ3v) is 11.1. The summed E-state index contributed by atoms with van der Waals surface area (Å²) in [6.45, 7) is 12.4. The van der Waals surface area contributed by atoms with Gasteiger partial charge in [0.2, 0.25) is 0 Å². The number of ether oxygens (including phenoxy) is 1. The summed E-state index contributed by atoms with van der Waals surface area (Å²) in [5, 5.41) is 8.84. The van der Waals surface area contributed by atoms with E-state index < -0.39 is 5.97 Å². The molecule has 1 N–H and O–H groups in total. The summed E-state index contributed by atoms with van der Waals surface area (Å²) in [5.74, 6) is 3.68. The molecular weight excluding hydrogens is 436 g/mol. The van der Waals surface area contributed by atoms with Crippen LogP contribution in [0.3, 0.4) is 0 Å². The molecule has 4 aliphatic carbocycles. The van der Waals surface area contributed by atoms with E-state index in [-0.39, 0.29) is 30.3 Å². The van der Waals surface area contributed by atoms with Crippen LogP contribution in [0.1, 0.15) is 118 Å². The second-order valence-electron chi connectivity index (χ2n) is 13.5. The first kappa shape index (κ1) is 26.7. The van der Waals surface area contributed by atoms with Crippen molar-refractivity contribution in [1.82, 2.24) is 0 Å². The van der Waals surface area contributed by atoms with Gasteiger partial charge < -0.3 is 9.84 Å². The molecule has 0 unspecified atom stereocenters. The summed E-state index contributed by atoms with van der Waals surface area (Å²) < 4.78 is 5.70. The number of hydrogen-bond donors (Lipinski definition) is 1. The van der Waals surface area contributed by atoms with Gasteiger partial charge in [-0.25, -0.2) is 0 Å². The Hall–Kier alpha value is -1.32. The molecule has 4 rings (SSSR count).